The molecular formula is C23H33ClN4O2S. The van der Waals surface area contributed by atoms with Crippen molar-refractivity contribution < 1.29 is 9.53 Å². The minimum Gasteiger partial charge on any atom is -0.484 e. The Hall–Kier alpha value is -1.73. The van der Waals surface area contributed by atoms with E-state index in [4.69, 9.17) is 16.3 Å². The molecule has 1 aliphatic heterocycles. The van der Waals surface area contributed by atoms with Crippen molar-refractivity contribution in [3.63, 3.8) is 0 Å². The number of ether oxygens (including phenoxy) is 1. The summed E-state index contributed by atoms with van der Waals surface area (Å²) in [6, 6.07) is 8.26. The summed E-state index contributed by atoms with van der Waals surface area (Å²) in [5.74, 6) is 1.93. The molecule has 2 aromatic rings. The lowest BCUT2D eigenvalue weighted by Gasteiger charge is -2.39. The van der Waals surface area contributed by atoms with Crippen LogP contribution >= 0.6 is 23.4 Å². The number of amides is 1. The number of carbonyl (C=O) groups is 1. The molecule has 1 aliphatic rings. The number of benzene rings is 1. The van der Waals surface area contributed by atoms with Crippen molar-refractivity contribution in [2.24, 2.45) is 0 Å². The standard InChI is InChI=1S/C23H33ClN4O2S/c1-5-18(6-2)28-21(14-30-20-13-8-7-12-19(20)24)25-26-23(28)31-15-22(29)27-16(3)10-9-11-17(27)4/h7-8,12-13,16-18H,5-6,9-11,14-15H2,1-4H3. The first-order valence-corrected chi connectivity index (χ1v) is 12.6. The van der Waals surface area contributed by atoms with E-state index in [0.29, 0.717) is 28.6 Å². The summed E-state index contributed by atoms with van der Waals surface area (Å²) < 4.78 is 8.06. The Morgan fingerprint density at radius 2 is 1.87 bits per heavy atom. The monoisotopic (exact) mass is 464 g/mol. The molecule has 2 heterocycles. The number of halogens is 1. The number of rotatable bonds is 9. The molecule has 2 unspecified atom stereocenters. The highest BCUT2D eigenvalue weighted by molar-refractivity contribution is 7.99. The number of hydrogen-bond acceptors (Lipinski definition) is 5. The smallest absolute Gasteiger partial charge is 0.233 e. The molecule has 1 amide bonds. The first kappa shape index (κ1) is 23.9. The Bertz CT molecular complexity index is 861. The minimum absolute atomic E-state index is 0.178. The lowest BCUT2D eigenvalue weighted by molar-refractivity contribution is -0.134. The second kappa shape index (κ2) is 11.2. The zero-order valence-corrected chi connectivity index (χ0v) is 20.5. The summed E-state index contributed by atoms with van der Waals surface area (Å²) in [5.41, 5.74) is 0. The van der Waals surface area contributed by atoms with Crippen LogP contribution in [0.5, 0.6) is 5.75 Å². The van der Waals surface area contributed by atoms with Gasteiger partial charge in [0, 0.05) is 18.1 Å². The zero-order valence-electron chi connectivity index (χ0n) is 18.9. The molecule has 2 atom stereocenters. The number of nitrogens with zero attached hydrogens (tertiary/aromatic N) is 4. The topological polar surface area (TPSA) is 60.2 Å². The van der Waals surface area contributed by atoms with E-state index in [9.17, 15) is 4.79 Å². The van der Waals surface area contributed by atoms with Gasteiger partial charge in [-0.3, -0.25) is 4.79 Å². The maximum atomic E-state index is 13.0. The zero-order chi connectivity index (χ0) is 22.4. The quantitative estimate of drug-likeness (QED) is 0.442. The first-order valence-electron chi connectivity index (χ1n) is 11.2. The fourth-order valence-corrected chi connectivity index (χ4v) is 5.43. The van der Waals surface area contributed by atoms with E-state index >= 15 is 0 Å². The van der Waals surface area contributed by atoms with Crippen molar-refractivity contribution in [1.29, 1.82) is 0 Å². The van der Waals surface area contributed by atoms with Crippen LogP contribution in [0.25, 0.3) is 0 Å². The van der Waals surface area contributed by atoms with E-state index in [1.165, 1.54) is 18.2 Å². The molecule has 0 radical (unpaired) electrons. The van der Waals surface area contributed by atoms with Crippen LogP contribution < -0.4 is 4.74 Å². The third kappa shape index (κ3) is 5.75. The molecule has 1 aromatic heterocycles. The fourth-order valence-electron chi connectivity index (χ4n) is 4.34. The molecule has 0 spiro atoms. The Morgan fingerprint density at radius 3 is 2.52 bits per heavy atom. The van der Waals surface area contributed by atoms with Gasteiger partial charge < -0.3 is 14.2 Å². The largest absolute Gasteiger partial charge is 0.484 e. The van der Waals surface area contributed by atoms with Gasteiger partial charge in [0.1, 0.15) is 12.4 Å². The molecule has 6 nitrogen and oxygen atoms in total. The average Bonchev–Trinajstić information content (AvgIpc) is 3.15. The van der Waals surface area contributed by atoms with Crippen molar-refractivity contribution in [2.75, 3.05) is 5.75 Å². The highest BCUT2D eigenvalue weighted by Gasteiger charge is 2.29. The number of para-hydroxylation sites is 1. The number of hydrogen-bond donors (Lipinski definition) is 0. The fraction of sp³-hybridized carbons (Fsp3) is 0.609. The van der Waals surface area contributed by atoms with Crippen LogP contribution in [-0.2, 0) is 11.4 Å². The molecule has 0 saturated carbocycles. The number of aromatic nitrogens is 3. The molecular weight excluding hydrogens is 432 g/mol. The highest BCUT2D eigenvalue weighted by atomic mass is 35.5. The molecule has 31 heavy (non-hydrogen) atoms. The van der Waals surface area contributed by atoms with Crippen LogP contribution in [0.3, 0.4) is 0 Å². The molecule has 1 saturated heterocycles. The maximum absolute atomic E-state index is 13.0. The second-order valence-corrected chi connectivity index (χ2v) is 9.53. The second-order valence-electron chi connectivity index (χ2n) is 8.18. The van der Waals surface area contributed by atoms with Crippen molar-refractivity contribution in [2.45, 2.75) is 89.7 Å². The predicted molar refractivity (Wildman–Crippen MR) is 126 cm³/mol. The Balaban J connectivity index is 1.73. The van der Waals surface area contributed by atoms with Crippen LogP contribution in [0, 0.1) is 0 Å². The van der Waals surface area contributed by atoms with E-state index in [-0.39, 0.29) is 18.6 Å². The minimum atomic E-state index is 0.178. The van der Waals surface area contributed by atoms with Crippen LogP contribution in [0.2, 0.25) is 5.02 Å². The number of thioether (sulfide) groups is 1. The summed E-state index contributed by atoms with van der Waals surface area (Å²) in [7, 11) is 0. The van der Waals surface area contributed by atoms with Crippen LogP contribution in [0.15, 0.2) is 29.4 Å². The van der Waals surface area contributed by atoms with E-state index in [0.717, 1.165) is 36.7 Å². The third-order valence-electron chi connectivity index (χ3n) is 6.04. The van der Waals surface area contributed by atoms with Crippen molar-refractivity contribution in [3.05, 3.63) is 35.1 Å². The molecule has 0 aliphatic carbocycles. The van der Waals surface area contributed by atoms with Gasteiger partial charge in [0.25, 0.3) is 0 Å². The summed E-state index contributed by atoms with van der Waals surface area (Å²) in [6.07, 6.45) is 5.25. The van der Waals surface area contributed by atoms with Crippen LogP contribution in [0.1, 0.15) is 71.7 Å². The summed E-state index contributed by atoms with van der Waals surface area (Å²) in [5, 5.41) is 10.2. The number of carbonyl (C=O) groups excluding carboxylic acids is 1. The molecule has 170 valence electrons. The van der Waals surface area contributed by atoms with Crippen molar-refractivity contribution >= 4 is 29.3 Å². The molecule has 1 aromatic carbocycles. The first-order chi connectivity index (χ1) is 15.0. The third-order valence-corrected chi connectivity index (χ3v) is 7.28. The summed E-state index contributed by atoms with van der Waals surface area (Å²) in [4.78, 5) is 15.0. The molecule has 0 bridgehead atoms. The van der Waals surface area contributed by atoms with Crippen molar-refractivity contribution in [1.82, 2.24) is 19.7 Å². The van der Waals surface area contributed by atoms with Gasteiger partial charge in [-0.25, -0.2) is 0 Å². The SMILES string of the molecule is CCC(CC)n1c(COc2ccccc2Cl)nnc1SCC(=O)N1C(C)CCCC1C. The van der Waals surface area contributed by atoms with Gasteiger partial charge >= 0.3 is 0 Å². The average molecular weight is 465 g/mol. The number of likely N-dealkylation sites (tertiary alicyclic amines) is 1. The summed E-state index contributed by atoms with van der Waals surface area (Å²) >= 11 is 7.69. The molecule has 0 N–H and O–H groups in total. The van der Waals surface area contributed by atoms with Gasteiger partial charge in [0.15, 0.2) is 11.0 Å². The highest BCUT2D eigenvalue weighted by Crippen LogP contribution is 2.29. The lowest BCUT2D eigenvalue weighted by atomic mass is 9.98. The van der Waals surface area contributed by atoms with E-state index in [2.05, 4.69) is 47.4 Å². The van der Waals surface area contributed by atoms with Crippen molar-refractivity contribution in [3.8, 4) is 5.75 Å². The molecule has 3 rings (SSSR count). The van der Waals surface area contributed by atoms with Crippen LogP contribution in [-0.4, -0.2) is 43.4 Å². The van der Waals surface area contributed by atoms with E-state index in [1.54, 1.807) is 6.07 Å². The summed E-state index contributed by atoms with van der Waals surface area (Å²) in [6.45, 7) is 8.89. The number of piperidine rings is 1. The molecule has 8 heteroatoms. The molecule has 1 fully saturated rings. The Labute approximate surface area is 194 Å². The van der Waals surface area contributed by atoms with Gasteiger partial charge in [0.2, 0.25) is 5.91 Å². The van der Waals surface area contributed by atoms with Gasteiger partial charge in [0.05, 0.1) is 10.8 Å². The maximum Gasteiger partial charge on any atom is 0.233 e. The van der Waals surface area contributed by atoms with Gasteiger partial charge in [-0.05, 0) is 58.1 Å². The normalized spacial score (nSPS) is 19.1. The predicted octanol–water partition coefficient (Wildman–Crippen LogP) is 5.75. The Kier molecular flexibility index (Phi) is 8.67. The Morgan fingerprint density at radius 1 is 1.19 bits per heavy atom. The van der Waals surface area contributed by atoms with Gasteiger partial charge in [-0.1, -0.05) is 49.3 Å². The van der Waals surface area contributed by atoms with Crippen LogP contribution in [0.4, 0.5) is 0 Å². The van der Waals surface area contributed by atoms with Gasteiger partial charge in [-0.15, -0.1) is 10.2 Å². The van der Waals surface area contributed by atoms with E-state index in [1.807, 2.05) is 18.2 Å². The van der Waals surface area contributed by atoms with Gasteiger partial charge in [-0.2, -0.15) is 0 Å². The lowest BCUT2D eigenvalue weighted by Crippen LogP contribution is -2.48. The van der Waals surface area contributed by atoms with E-state index < -0.39 is 0 Å².